The number of ether oxygens (including phenoxy) is 1. The molecule has 1 fully saturated rings. The Bertz CT molecular complexity index is 1610. The van der Waals surface area contributed by atoms with E-state index in [0.29, 0.717) is 24.4 Å². The maximum atomic E-state index is 14.6. The first-order chi connectivity index (χ1) is 19.2. The van der Waals surface area contributed by atoms with Gasteiger partial charge in [0.2, 0.25) is 0 Å². The van der Waals surface area contributed by atoms with Gasteiger partial charge in [-0.25, -0.2) is 12.8 Å². The van der Waals surface area contributed by atoms with Crippen molar-refractivity contribution in [2.45, 2.75) is 36.1 Å². The number of carbonyl (C=O) groups excluding carboxylic acids is 1. The molecule has 3 N–H and O–H groups in total. The lowest BCUT2D eigenvalue weighted by atomic mass is 10.00. The Balaban J connectivity index is 1.63. The number of piperidine rings is 1. The summed E-state index contributed by atoms with van der Waals surface area (Å²) in [7, 11) is -0.251. The number of hydrogen-bond donors (Lipinski definition) is 3. The highest BCUT2D eigenvalue weighted by molar-refractivity contribution is 7.90. The average molecular weight is 595 g/mol. The highest BCUT2D eigenvalue weighted by Gasteiger charge is 2.31. The van der Waals surface area contributed by atoms with Gasteiger partial charge in [0.15, 0.2) is 9.84 Å². The Kier molecular flexibility index (Phi) is 8.84. The summed E-state index contributed by atoms with van der Waals surface area (Å²) in [6, 6.07) is 6.52. The number of anilines is 1. The summed E-state index contributed by atoms with van der Waals surface area (Å²) in [6.45, 7) is 0.787. The van der Waals surface area contributed by atoms with Crippen molar-refractivity contribution < 1.29 is 35.5 Å². The second-order valence-corrected chi connectivity index (χ2v) is 12.0. The van der Waals surface area contributed by atoms with Gasteiger partial charge in [-0.1, -0.05) is 11.8 Å². The fourth-order valence-corrected chi connectivity index (χ4v) is 5.36. The Hall–Kier alpha value is -3.76. The monoisotopic (exact) mass is 594 g/mol. The summed E-state index contributed by atoms with van der Waals surface area (Å²) in [6.07, 6.45) is -4.28. The van der Waals surface area contributed by atoms with Gasteiger partial charge in [-0.15, -0.1) is 0 Å². The fraction of sp³-hybridized carbons (Fsp3) is 0.393. The van der Waals surface area contributed by atoms with Crippen molar-refractivity contribution in [2.75, 3.05) is 45.4 Å². The molecule has 0 saturated carbocycles. The predicted molar refractivity (Wildman–Crippen MR) is 148 cm³/mol. The van der Waals surface area contributed by atoms with Crippen molar-refractivity contribution in [1.82, 2.24) is 15.2 Å². The van der Waals surface area contributed by atoms with E-state index < -0.39 is 40.6 Å². The SMILES string of the molecule is COc1ccc(S(C)(=O)=O)cc1NCC#Cc1cc(C(=O)N[C@@H]2CCN(C)C[C@@H]2F)c2[nH]cc(CC(F)(F)F)c2c1. The van der Waals surface area contributed by atoms with E-state index in [4.69, 9.17) is 4.74 Å². The Morgan fingerprint density at radius 2 is 2.00 bits per heavy atom. The van der Waals surface area contributed by atoms with Crippen molar-refractivity contribution >= 4 is 32.3 Å². The lowest BCUT2D eigenvalue weighted by molar-refractivity contribution is -0.127. The fourth-order valence-electron chi connectivity index (χ4n) is 4.71. The summed E-state index contributed by atoms with van der Waals surface area (Å²) in [4.78, 5) is 17.9. The Morgan fingerprint density at radius 3 is 2.66 bits per heavy atom. The number of nitrogens with one attached hydrogen (secondary N) is 3. The minimum Gasteiger partial charge on any atom is -0.495 e. The number of hydrogen-bond acceptors (Lipinski definition) is 6. The third-order valence-corrected chi connectivity index (χ3v) is 7.88. The van der Waals surface area contributed by atoms with Crippen LogP contribution in [0.15, 0.2) is 41.4 Å². The second-order valence-electron chi connectivity index (χ2n) is 9.99. The number of nitrogens with zero attached hydrogens (tertiary/aromatic N) is 1. The van der Waals surface area contributed by atoms with Crippen LogP contribution in [0.2, 0.25) is 0 Å². The number of halogens is 4. The van der Waals surface area contributed by atoms with Gasteiger partial charge in [0.1, 0.15) is 11.9 Å². The summed E-state index contributed by atoms with van der Waals surface area (Å²) in [5, 5.41) is 5.86. The van der Waals surface area contributed by atoms with E-state index in [2.05, 4.69) is 27.5 Å². The van der Waals surface area contributed by atoms with Crippen LogP contribution in [0, 0.1) is 11.8 Å². The molecule has 4 rings (SSSR count). The standard InChI is InChI=1S/C28H30F4N4O4S/c1-36-10-8-23(22(29)16-36)35-27(37)21-12-17(11-20-18(14-28(30,31)32)15-34-26(20)21)5-4-9-33-24-13-19(41(3,38)39)6-7-25(24)40-2/h6-7,11-13,15,22-23,33-34H,8-10,14,16H2,1-3H3,(H,35,37)/t22-,23+/m0/s1. The maximum absolute atomic E-state index is 14.6. The van der Waals surface area contributed by atoms with Gasteiger partial charge in [0.05, 0.1) is 47.8 Å². The summed E-state index contributed by atoms with van der Waals surface area (Å²) in [5.74, 6) is 5.48. The Labute approximate surface area is 235 Å². The van der Waals surface area contributed by atoms with Gasteiger partial charge < -0.3 is 25.3 Å². The van der Waals surface area contributed by atoms with Crippen LogP contribution in [-0.2, 0) is 16.3 Å². The van der Waals surface area contributed by atoms with Gasteiger partial charge in [0, 0.05) is 36.5 Å². The molecule has 1 aliphatic rings. The predicted octanol–water partition coefficient (Wildman–Crippen LogP) is 3.92. The molecule has 1 amide bonds. The third-order valence-electron chi connectivity index (χ3n) is 6.77. The lowest BCUT2D eigenvalue weighted by Crippen LogP contribution is -2.51. The zero-order valence-electron chi connectivity index (χ0n) is 22.7. The second kappa shape index (κ2) is 12.0. The minimum absolute atomic E-state index is 0.0325. The van der Waals surface area contributed by atoms with Crippen molar-refractivity contribution in [2.24, 2.45) is 0 Å². The number of benzene rings is 2. The first-order valence-corrected chi connectivity index (χ1v) is 14.6. The van der Waals surface area contributed by atoms with Crippen LogP contribution < -0.4 is 15.4 Å². The molecule has 2 atom stereocenters. The molecule has 0 unspecified atom stereocenters. The number of sulfone groups is 1. The van der Waals surface area contributed by atoms with Crippen LogP contribution in [0.3, 0.4) is 0 Å². The number of methoxy groups -OCH3 is 1. The number of fused-ring (bicyclic) bond motifs is 1. The number of amides is 1. The average Bonchev–Trinajstić information content (AvgIpc) is 3.28. The van der Waals surface area contributed by atoms with E-state index in [1.54, 1.807) is 7.05 Å². The normalized spacial score (nSPS) is 18.0. The highest BCUT2D eigenvalue weighted by Crippen LogP contribution is 2.30. The third kappa shape index (κ3) is 7.51. The van der Waals surface area contributed by atoms with Gasteiger partial charge in [-0.05, 0) is 49.4 Å². The number of carbonyl (C=O) groups is 1. The van der Waals surface area contributed by atoms with Crippen LogP contribution in [0.5, 0.6) is 5.75 Å². The van der Waals surface area contributed by atoms with Crippen LogP contribution in [0.1, 0.15) is 27.9 Å². The number of likely N-dealkylation sites (tertiary alicyclic amines) is 1. The summed E-state index contributed by atoms with van der Waals surface area (Å²) in [5.41, 5.74) is 0.882. The van der Waals surface area contributed by atoms with E-state index in [1.165, 1.54) is 43.6 Å². The molecule has 1 aromatic heterocycles. The van der Waals surface area contributed by atoms with E-state index >= 15 is 0 Å². The van der Waals surface area contributed by atoms with E-state index in [0.717, 1.165) is 6.26 Å². The number of aromatic amines is 1. The van der Waals surface area contributed by atoms with Crippen molar-refractivity contribution in [3.05, 3.63) is 53.2 Å². The molecule has 2 heterocycles. The molecular formula is C28H30F4N4O4S. The van der Waals surface area contributed by atoms with Crippen LogP contribution in [0.4, 0.5) is 23.2 Å². The van der Waals surface area contributed by atoms with E-state index in [-0.39, 0.29) is 45.6 Å². The molecule has 41 heavy (non-hydrogen) atoms. The highest BCUT2D eigenvalue weighted by atomic mass is 32.2. The maximum Gasteiger partial charge on any atom is 0.393 e. The first kappa shape index (κ1) is 30.2. The molecule has 0 aliphatic carbocycles. The van der Waals surface area contributed by atoms with E-state index in [1.807, 2.05) is 4.90 Å². The molecule has 0 radical (unpaired) electrons. The quantitative estimate of drug-likeness (QED) is 0.283. The molecular weight excluding hydrogens is 564 g/mol. The number of H-pyrrole nitrogens is 1. The van der Waals surface area contributed by atoms with E-state index in [9.17, 15) is 30.8 Å². The Morgan fingerprint density at radius 1 is 1.24 bits per heavy atom. The van der Waals surface area contributed by atoms with Gasteiger partial charge in [-0.2, -0.15) is 13.2 Å². The smallest absolute Gasteiger partial charge is 0.393 e. The number of rotatable bonds is 7. The van der Waals surface area contributed by atoms with Gasteiger partial charge >= 0.3 is 6.18 Å². The van der Waals surface area contributed by atoms with Crippen LogP contribution >= 0.6 is 0 Å². The first-order valence-electron chi connectivity index (χ1n) is 12.7. The molecule has 2 aromatic carbocycles. The molecule has 13 heteroatoms. The van der Waals surface area contributed by atoms with Crippen LogP contribution in [0.25, 0.3) is 10.9 Å². The number of alkyl halides is 4. The zero-order valence-corrected chi connectivity index (χ0v) is 23.5. The zero-order chi connectivity index (χ0) is 29.9. The summed E-state index contributed by atoms with van der Waals surface area (Å²) < 4.78 is 83.4. The molecule has 220 valence electrons. The van der Waals surface area contributed by atoms with Crippen molar-refractivity contribution in [3.8, 4) is 17.6 Å². The topological polar surface area (TPSA) is 104 Å². The number of aromatic nitrogens is 1. The molecule has 1 aliphatic heterocycles. The molecule has 0 bridgehead atoms. The minimum atomic E-state index is -4.47. The molecule has 3 aromatic rings. The van der Waals surface area contributed by atoms with Crippen molar-refractivity contribution in [3.63, 3.8) is 0 Å². The lowest BCUT2D eigenvalue weighted by Gasteiger charge is -2.32. The van der Waals surface area contributed by atoms with Gasteiger partial charge in [-0.3, -0.25) is 4.79 Å². The molecule has 0 spiro atoms. The molecule has 8 nitrogen and oxygen atoms in total. The molecule has 1 saturated heterocycles. The van der Waals surface area contributed by atoms with Crippen molar-refractivity contribution in [1.29, 1.82) is 0 Å². The summed E-state index contributed by atoms with van der Waals surface area (Å²) >= 11 is 0. The van der Waals surface area contributed by atoms with Gasteiger partial charge in [0.25, 0.3) is 5.91 Å². The van der Waals surface area contributed by atoms with Crippen LogP contribution in [-0.4, -0.2) is 82.6 Å². The largest absolute Gasteiger partial charge is 0.495 e.